The second kappa shape index (κ2) is 10.4. The van der Waals surface area contributed by atoms with Crippen LogP contribution in [0.1, 0.15) is 46.1 Å². The Labute approximate surface area is 223 Å². The lowest BCUT2D eigenvalue weighted by Gasteiger charge is -2.38. The van der Waals surface area contributed by atoms with E-state index in [9.17, 15) is 31.5 Å². The van der Waals surface area contributed by atoms with E-state index >= 15 is 0 Å². The van der Waals surface area contributed by atoms with E-state index < -0.39 is 54.1 Å². The van der Waals surface area contributed by atoms with Crippen LogP contribution < -0.4 is 10.2 Å². The number of nitrogens with zero attached hydrogens (tertiary/aromatic N) is 3. The second-order valence-electron chi connectivity index (χ2n) is 11.4. The molecule has 0 bridgehead atoms. The first-order valence-corrected chi connectivity index (χ1v) is 12.9. The summed E-state index contributed by atoms with van der Waals surface area (Å²) in [6, 6.07) is 5.19. The number of halogens is 5. The zero-order valence-electron chi connectivity index (χ0n) is 22.3. The van der Waals surface area contributed by atoms with E-state index in [0.717, 1.165) is 11.0 Å². The first-order valence-electron chi connectivity index (χ1n) is 12.9. The maximum Gasteiger partial charge on any atom is 0.418 e. The number of aromatic nitrogens is 1. The minimum absolute atomic E-state index is 0.0451. The minimum atomic E-state index is -4.55. The molecule has 7 nitrogen and oxygen atoms in total. The van der Waals surface area contributed by atoms with Crippen LogP contribution in [0.15, 0.2) is 30.5 Å². The summed E-state index contributed by atoms with van der Waals surface area (Å²) < 4.78 is 75.4. The number of likely N-dealkylation sites (tertiary alicyclic amines) is 1. The van der Waals surface area contributed by atoms with Gasteiger partial charge < -0.3 is 19.9 Å². The van der Waals surface area contributed by atoms with Gasteiger partial charge in [-0.2, -0.15) is 13.2 Å². The van der Waals surface area contributed by atoms with E-state index in [0.29, 0.717) is 24.2 Å². The molecule has 1 aromatic heterocycles. The molecule has 1 unspecified atom stereocenters. The van der Waals surface area contributed by atoms with E-state index in [4.69, 9.17) is 4.74 Å². The number of amides is 2. The summed E-state index contributed by atoms with van der Waals surface area (Å²) in [5.41, 5.74) is -1.21. The highest BCUT2D eigenvalue weighted by atomic mass is 19.4. The molecule has 214 valence electrons. The van der Waals surface area contributed by atoms with Gasteiger partial charge in [-0.1, -0.05) is 6.92 Å². The molecular weight excluding hydrogens is 523 g/mol. The number of ether oxygens (including phenoxy) is 1. The van der Waals surface area contributed by atoms with Gasteiger partial charge in [-0.3, -0.25) is 9.78 Å². The minimum Gasteiger partial charge on any atom is -0.444 e. The summed E-state index contributed by atoms with van der Waals surface area (Å²) in [5.74, 6) is -5.08. The van der Waals surface area contributed by atoms with Crippen molar-refractivity contribution >= 4 is 28.6 Å². The van der Waals surface area contributed by atoms with Crippen LogP contribution in [-0.4, -0.2) is 65.6 Å². The fraction of sp³-hybridized carbons (Fsp3) is 0.593. The maximum absolute atomic E-state index is 14.9. The van der Waals surface area contributed by atoms with Gasteiger partial charge in [0.1, 0.15) is 5.60 Å². The number of hydrogen-bond acceptors (Lipinski definition) is 5. The molecule has 0 radical (unpaired) electrons. The van der Waals surface area contributed by atoms with Crippen molar-refractivity contribution in [1.82, 2.24) is 15.2 Å². The van der Waals surface area contributed by atoms with Crippen molar-refractivity contribution in [3.8, 4) is 0 Å². The summed E-state index contributed by atoms with van der Waals surface area (Å²) >= 11 is 0. The normalized spacial score (nSPS) is 23.7. The first-order chi connectivity index (χ1) is 18.0. The Morgan fingerprint density at radius 3 is 2.51 bits per heavy atom. The highest BCUT2D eigenvalue weighted by molar-refractivity contribution is 5.94. The van der Waals surface area contributed by atoms with Gasteiger partial charge in [-0.15, -0.1) is 0 Å². The number of carbonyl (C=O) groups excluding carboxylic acids is 2. The van der Waals surface area contributed by atoms with Gasteiger partial charge in [0.2, 0.25) is 5.91 Å². The number of alkyl halides is 5. The molecule has 3 heterocycles. The fourth-order valence-electron chi connectivity index (χ4n) is 5.22. The van der Waals surface area contributed by atoms with Crippen LogP contribution in [0.25, 0.3) is 10.9 Å². The largest absolute Gasteiger partial charge is 0.444 e. The first kappa shape index (κ1) is 28.8. The molecule has 0 saturated carbocycles. The van der Waals surface area contributed by atoms with E-state index in [-0.39, 0.29) is 30.4 Å². The Bertz CT molecular complexity index is 1230. The number of nitrogens with one attached hydrogen (secondary N) is 1. The van der Waals surface area contributed by atoms with Gasteiger partial charge in [0.05, 0.1) is 23.7 Å². The highest BCUT2D eigenvalue weighted by Gasteiger charge is 2.47. The van der Waals surface area contributed by atoms with Crippen molar-refractivity contribution < 1.29 is 36.3 Å². The number of pyridine rings is 1. The molecule has 2 aliphatic heterocycles. The molecule has 2 aromatic rings. The Kier molecular flexibility index (Phi) is 7.70. The predicted molar refractivity (Wildman–Crippen MR) is 136 cm³/mol. The number of rotatable bonds is 4. The number of hydrogen-bond donors (Lipinski definition) is 1. The fourth-order valence-corrected chi connectivity index (χ4v) is 5.22. The molecule has 3 atom stereocenters. The topological polar surface area (TPSA) is 74.8 Å². The third-order valence-corrected chi connectivity index (χ3v) is 7.18. The van der Waals surface area contributed by atoms with Gasteiger partial charge in [0.25, 0.3) is 5.92 Å². The van der Waals surface area contributed by atoms with Crippen LogP contribution in [0.2, 0.25) is 0 Å². The van der Waals surface area contributed by atoms with E-state index in [1.54, 1.807) is 32.9 Å². The summed E-state index contributed by atoms with van der Waals surface area (Å²) in [4.78, 5) is 31.8. The number of anilines is 1. The molecule has 0 aliphatic carbocycles. The Hall–Kier alpha value is -3.18. The monoisotopic (exact) mass is 556 g/mol. The Balaban J connectivity index is 1.39. The number of carbonyl (C=O) groups is 2. The molecule has 1 aromatic carbocycles. The number of piperidine rings is 1. The molecule has 2 amide bonds. The number of fused-ring (bicyclic) bond motifs is 1. The van der Waals surface area contributed by atoms with E-state index in [1.807, 2.05) is 11.8 Å². The Morgan fingerprint density at radius 1 is 1.15 bits per heavy atom. The van der Waals surface area contributed by atoms with E-state index in [1.165, 1.54) is 12.3 Å². The molecule has 0 spiro atoms. The third kappa shape index (κ3) is 6.52. The van der Waals surface area contributed by atoms with Crippen LogP contribution in [-0.2, 0) is 15.7 Å². The summed E-state index contributed by atoms with van der Waals surface area (Å²) in [5, 5.41) is 3.20. The van der Waals surface area contributed by atoms with Gasteiger partial charge in [-0.05, 0) is 57.4 Å². The molecule has 1 N–H and O–H groups in total. The van der Waals surface area contributed by atoms with Crippen molar-refractivity contribution in [2.75, 3.05) is 31.1 Å². The van der Waals surface area contributed by atoms with Crippen molar-refractivity contribution in [3.05, 3.63) is 36.0 Å². The molecule has 39 heavy (non-hydrogen) atoms. The SMILES string of the molecule is C[C@@H]1CN(c2ccc(C(F)(F)F)c3ncccc23)C[C@@H]1NC(=O)CC1CCN(C(=O)OC(C)(C)C)CC1(F)F. The van der Waals surface area contributed by atoms with Crippen LogP contribution in [0.4, 0.5) is 32.4 Å². The molecule has 2 aliphatic rings. The summed E-state index contributed by atoms with van der Waals surface area (Å²) in [7, 11) is 0. The van der Waals surface area contributed by atoms with Gasteiger partial charge in [0, 0.05) is 49.2 Å². The van der Waals surface area contributed by atoms with Crippen LogP contribution in [0.5, 0.6) is 0 Å². The summed E-state index contributed by atoms with van der Waals surface area (Å²) in [6.45, 7) is 6.88. The average molecular weight is 557 g/mol. The Morgan fingerprint density at radius 2 is 1.87 bits per heavy atom. The van der Waals surface area contributed by atoms with Crippen LogP contribution in [0, 0.1) is 11.8 Å². The molecule has 2 fully saturated rings. The van der Waals surface area contributed by atoms with Crippen molar-refractivity contribution in [3.63, 3.8) is 0 Å². The zero-order valence-corrected chi connectivity index (χ0v) is 22.3. The molecule has 4 rings (SSSR count). The third-order valence-electron chi connectivity index (χ3n) is 7.18. The van der Waals surface area contributed by atoms with Crippen LogP contribution >= 0.6 is 0 Å². The smallest absolute Gasteiger partial charge is 0.418 e. The van der Waals surface area contributed by atoms with Crippen molar-refractivity contribution in [2.45, 2.75) is 64.3 Å². The molecule has 12 heteroatoms. The predicted octanol–water partition coefficient (Wildman–Crippen LogP) is 5.48. The zero-order chi connectivity index (χ0) is 28.8. The molecule has 2 saturated heterocycles. The second-order valence-corrected chi connectivity index (χ2v) is 11.4. The van der Waals surface area contributed by atoms with Crippen molar-refractivity contribution in [2.24, 2.45) is 11.8 Å². The maximum atomic E-state index is 14.9. The number of benzene rings is 1. The lowest BCUT2D eigenvalue weighted by molar-refractivity contribution is -0.136. The van der Waals surface area contributed by atoms with E-state index in [2.05, 4.69) is 10.3 Å². The molecular formula is C27H33F5N4O3. The van der Waals surface area contributed by atoms with Gasteiger partial charge in [0.15, 0.2) is 0 Å². The van der Waals surface area contributed by atoms with Gasteiger partial charge >= 0.3 is 12.3 Å². The highest BCUT2D eigenvalue weighted by Crippen LogP contribution is 2.39. The standard InChI is InChI=1S/C27H33F5N4O3/c1-16-13-36(21-8-7-19(27(30,31)32)23-18(21)6-5-10-33-23)14-20(16)34-22(37)12-17-9-11-35(15-26(17,28)29)24(38)39-25(2,3)4/h5-8,10,16-17,20H,9,11-15H2,1-4H3,(H,34,37)/t16-,17?,20+/m1/s1. The summed E-state index contributed by atoms with van der Waals surface area (Å²) in [6.07, 6.45) is -4.49. The van der Waals surface area contributed by atoms with Gasteiger partial charge in [-0.25, -0.2) is 13.6 Å². The lowest BCUT2D eigenvalue weighted by Crippen LogP contribution is -2.53. The lowest BCUT2D eigenvalue weighted by atomic mass is 9.89. The van der Waals surface area contributed by atoms with Crippen LogP contribution in [0.3, 0.4) is 0 Å². The quantitative estimate of drug-likeness (QED) is 0.505. The average Bonchev–Trinajstić information content (AvgIpc) is 3.17. The van der Waals surface area contributed by atoms with Crippen molar-refractivity contribution in [1.29, 1.82) is 0 Å².